The topological polar surface area (TPSA) is 41.3 Å². The van der Waals surface area contributed by atoms with E-state index < -0.39 is 0 Å². The van der Waals surface area contributed by atoms with Gasteiger partial charge in [-0.15, -0.1) is 0 Å². The van der Waals surface area contributed by atoms with Crippen LogP contribution in [0.3, 0.4) is 0 Å². The second kappa shape index (κ2) is 3.99. The van der Waals surface area contributed by atoms with Crippen LogP contribution in [-0.2, 0) is 0 Å². The highest BCUT2D eigenvalue weighted by atomic mass is 16.3. The van der Waals surface area contributed by atoms with Crippen LogP contribution >= 0.6 is 0 Å². The van der Waals surface area contributed by atoms with Crippen LogP contribution in [0.4, 0.5) is 5.69 Å². The molecule has 2 atom stereocenters. The van der Waals surface area contributed by atoms with Gasteiger partial charge in [-0.25, -0.2) is 0 Å². The van der Waals surface area contributed by atoms with Gasteiger partial charge >= 0.3 is 0 Å². The fraction of sp³-hybridized carbons (Fsp3) is 0.500. The number of nitrogens with one attached hydrogen (secondary N) is 1. The van der Waals surface area contributed by atoms with Gasteiger partial charge < -0.3 is 14.6 Å². The minimum absolute atomic E-state index is 0.746. The van der Waals surface area contributed by atoms with Gasteiger partial charge in [0.2, 0.25) is 0 Å². The van der Waals surface area contributed by atoms with E-state index >= 15 is 0 Å². The molecule has 0 spiro atoms. The summed E-state index contributed by atoms with van der Waals surface area (Å²) >= 11 is 0. The molecule has 94 valence electrons. The van der Waals surface area contributed by atoms with Gasteiger partial charge in [0.25, 0.3) is 0 Å². The summed E-state index contributed by atoms with van der Waals surface area (Å²) < 4.78 is 5.43. The molecule has 2 aliphatic heterocycles. The first-order valence-electron chi connectivity index (χ1n) is 6.72. The number of fused-ring (bicyclic) bond motifs is 2. The molecule has 0 aliphatic carbocycles. The van der Waals surface area contributed by atoms with Crippen molar-refractivity contribution in [1.82, 2.24) is 10.3 Å². The number of hydrogen-bond donors (Lipinski definition) is 1. The van der Waals surface area contributed by atoms with Crippen molar-refractivity contribution in [1.29, 1.82) is 0 Å². The molecule has 4 heteroatoms. The Morgan fingerprint density at radius 1 is 1.33 bits per heavy atom. The van der Waals surface area contributed by atoms with E-state index in [-0.39, 0.29) is 0 Å². The van der Waals surface area contributed by atoms with Gasteiger partial charge in [0, 0.05) is 31.3 Å². The van der Waals surface area contributed by atoms with Crippen LogP contribution in [0.15, 0.2) is 29.0 Å². The predicted molar refractivity (Wildman–Crippen MR) is 70.7 cm³/mol. The van der Waals surface area contributed by atoms with Gasteiger partial charge in [-0.05, 0) is 25.3 Å². The lowest BCUT2D eigenvalue weighted by molar-refractivity contribution is 0.226. The van der Waals surface area contributed by atoms with E-state index in [1.807, 2.05) is 12.3 Å². The molecule has 2 aromatic heterocycles. The lowest BCUT2D eigenvalue weighted by Crippen LogP contribution is -2.52. The first-order chi connectivity index (χ1) is 8.90. The Morgan fingerprint density at radius 2 is 2.28 bits per heavy atom. The molecular weight excluding hydrogens is 226 g/mol. The highest BCUT2D eigenvalue weighted by Crippen LogP contribution is 2.28. The van der Waals surface area contributed by atoms with Crippen LogP contribution in [0.1, 0.15) is 12.8 Å². The summed E-state index contributed by atoms with van der Waals surface area (Å²) in [5.41, 5.74) is 3.02. The monoisotopic (exact) mass is 243 g/mol. The fourth-order valence-electron chi connectivity index (χ4n) is 3.09. The molecule has 0 aromatic carbocycles. The maximum Gasteiger partial charge on any atom is 0.154 e. The first kappa shape index (κ1) is 10.4. The van der Waals surface area contributed by atoms with E-state index in [0.717, 1.165) is 36.1 Å². The van der Waals surface area contributed by atoms with Crippen molar-refractivity contribution < 1.29 is 4.42 Å². The number of nitrogens with zero attached hydrogens (tertiary/aromatic N) is 2. The maximum absolute atomic E-state index is 5.43. The van der Waals surface area contributed by atoms with Gasteiger partial charge in [0.1, 0.15) is 5.52 Å². The van der Waals surface area contributed by atoms with Gasteiger partial charge in [0.15, 0.2) is 5.58 Å². The summed E-state index contributed by atoms with van der Waals surface area (Å²) in [6.07, 6.45) is 6.20. The van der Waals surface area contributed by atoms with Gasteiger partial charge in [-0.1, -0.05) is 0 Å². The van der Waals surface area contributed by atoms with Crippen molar-refractivity contribution in [3.8, 4) is 0 Å². The molecule has 0 bridgehead atoms. The van der Waals surface area contributed by atoms with Gasteiger partial charge in [-0.3, -0.25) is 4.98 Å². The molecule has 2 aromatic rings. The lowest BCUT2D eigenvalue weighted by atomic mass is 9.88. The van der Waals surface area contributed by atoms with E-state index in [0.29, 0.717) is 0 Å². The van der Waals surface area contributed by atoms with E-state index in [2.05, 4.69) is 21.3 Å². The van der Waals surface area contributed by atoms with E-state index in [9.17, 15) is 0 Å². The zero-order valence-electron chi connectivity index (χ0n) is 10.3. The number of aromatic nitrogens is 1. The summed E-state index contributed by atoms with van der Waals surface area (Å²) in [7, 11) is 0. The Balaban J connectivity index is 1.61. The summed E-state index contributed by atoms with van der Waals surface area (Å²) in [6, 6.07) is 4.77. The van der Waals surface area contributed by atoms with E-state index in [1.54, 1.807) is 6.26 Å². The Bertz CT molecular complexity index is 551. The van der Waals surface area contributed by atoms with Crippen molar-refractivity contribution in [3.63, 3.8) is 0 Å². The number of furan rings is 1. The Hall–Kier alpha value is -1.55. The average Bonchev–Trinajstić information content (AvgIpc) is 2.77. The average molecular weight is 243 g/mol. The quantitative estimate of drug-likeness (QED) is 0.832. The smallest absolute Gasteiger partial charge is 0.154 e. The molecule has 0 unspecified atom stereocenters. The molecular formula is C14H17N3O. The second-order valence-corrected chi connectivity index (χ2v) is 5.34. The summed E-state index contributed by atoms with van der Waals surface area (Å²) in [6.45, 7) is 3.45. The summed E-state index contributed by atoms with van der Waals surface area (Å²) in [5.74, 6) is 0.885. The van der Waals surface area contributed by atoms with E-state index in [1.165, 1.54) is 25.1 Å². The van der Waals surface area contributed by atoms with Crippen molar-refractivity contribution in [3.05, 3.63) is 24.6 Å². The van der Waals surface area contributed by atoms with Crippen LogP contribution in [0.25, 0.3) is 11.1 Å². The third-order valence-electron chi connectivity index (χ3n) is 4.34. The highest BCUT2D eigenvalue weighted by molar-refractivity contribution is 5.76. The van der Waals surface area contributed by atoms with Crippen molar-refractivity contribution >= 4 is 16.8 Å². The van der Waals surface area contributed by atoms with Crippen molar-refractivity contribution in [2.75, 3.05) is 24.5 Å². The fourth-order valence-corrected chi connectivity index (χ4v) is 3.09. The van der Waals surface area contributed by atoms with Crippen molar-refractivity contribution in [2.45, 2.75) is 18.9 Å². The summed E-state index contributed by atoms with van der Waals surface area (Å²) in [4.78, 5) is 6.89. The standard InChI is InChI=1S/C14H17N3O/c1-4-17(5-2-12-10(1)8-15-12)11-7-14-13(16-9-11)3-6-18-14/h3,6-7,9-10,12,15H,1-2,4-5,8H2/t10-,12-/m0/s1. The van der Waals surface area contributed by atoms with Crippen LogP contribution < -0.4 is 10.2 Å². The highest BCUT2D eigenvalue weighted by Gasteiger charge is 2.32. The zero-order chi connectivity index (χ0) is 11.9. The SMILES string of the molecule is c1cc2ncc(N3CC[C@H]4CN[C@H]4CC3)cc2o1. The Labute approximate surface area is 106 Å². The molecule has 0 saturated carbocycles. The molecule has 2 saturated heterocycles. The minimum Gasteiger partial charge on any atom is -0.463 e. The Morgan fingerprint density at radius 3 is 3.17 bits per heavy atom. The van der Waals surface area contributed by atoms with E-state index in [4.69, 9.17) is 4.42 Å². The molecule has 4 heterocycles. The maximum atomic E-state index is 5.43. The second-order valence-electron chi connectivity index (χ2n) is 5.34. The lowest BCUT2D eigenvalue weighted by Gasteiger charge is -2.36. The molecule has 2 aliphatic rings. The van der Waals surface area contributed by atoms with Gasteiger partial charge in [-0.2, -0.15) is 0 Å². The number of hydrogen-bond acceptors (Lipinski definition) is 4. The molecule has 4 rings (SSSR count). The minimum atomic E-state index is 0.746. The molecule has 2 fully saturated rings. The number of rotatable bonds is 1. The van der Waals surface area contributed by atoms with Gasteiger partial charge in [0.05, 0.1) is 18.1 Å². The molecule has 0 amide bonds. The first-order valence-corrected chi connectivity index (χ1v) is 6.72. The molecule has 18 heavy (non-hydrogen) atoms. The third kappa shape index (κ3) is 1.60. The summed E-state index contributed by atoms with van der Waals surface area (Å²) in [5, 5.41) is 3.52. The largest absolute Gasteiger partial charge is 0.463 e. The molecule has 0 radical (unpaired) electrons. The predicted octanol–water partition coefficient (Wildman–Crippen LogP) is 2.02. The zero-order valence-corrected chi connectivity index (χ0v) is 10.3. The van der Waals surface area contributed by atoms with Crippen LogP contribution in [0.5, 0.6) is 0 Å². The van der Waals surface area contributed by atoms with Crippen molar-refractivity contribution in [2.24, 2.45) is 5.92 Å². The number of anilines is 1. The molecule has 1 N–H and O–H groups in total. The molecule has 4 nitrogen and oxygen atoms in total. The van der Waals surface area contributed by atoms with Crippen LogP contribution in [0.2, 0.25) is 0 Å². The van der Waals surface area contributed by atoms with Crippen LogP contribution in [-0.4, -0.2) is 30.7 Å². The normalized spacial score (nSPS) is 27.7. The Kier molecular flexibility index (Phi) is 2.30. The third-order valence-corrected chi connectivity index (χ3v) is 4.34. The van der Waals surface area contributed by atoms with Crippen LogP contribution in [0, 0.1) is 5.92 Å². The number of pyridine rings is 1.